The molecule has 3 aliphatic rings. The van der Waals surface area contributed by atoms with Crippen LogP contribution >= 0.6 is 0 Å². The van der Waals surface area contributed by atoms with E-state index in [4.69, 9.17) is 24.7 Å². The number of ether oxygens (including phenoxy) is 4. The molecule has 3 fully saturated rings. The standard InChI is InChI=1S/C64H108N6O22/c1-29(2)40(60(85)69-52(32(7)8)48(78)25-41(30(3)4)59(84)68-35(11)44(74)23-39(62(87)88)18-15-16-20-66-38(14)73)24-45(75)36(12)67-58(83)33(9)22-46(76)43-19-17-21-70(43)61(86)42(31(5)6)26-47(77)51(65)37(13)89-63-34(10)57(54(80)50(28-72)90-63)92-64-56(82)55(81)53(79)49(27-71)91-64/h29-37,39-43,49-57,63-64,71-72,79-82H,15-28,65H2,1-14H3,(H,66,73)(H,67,83)(H,68,84)(H,69,85)(H,87,88)/t33?,34?,35-,36-,37?,39?,40?,41?,42?,43-,49?,50?,51-,52-,53-,54-,55-,56?,57+,63-,64-/m0/s1. The minimum atomic E-state index is -1.81. The molecule has 28 nitrogen and oxygen atoms in total. The number of nitrogens with zero attached hydrogens (tertiary/aromatic N) is 1. The minimum Gasteiger partial charge on any atom is -0.481 e. The number of carbonyl (C=O) groups excluding carboxylic acids is 10. The Hall–Kier alpha value is -5.27. The second-order valence-electron chi connectivity index (χ2n) is 26.9. The summed E-state index contributed by atoms with van der Waals surface area (Å²) in [7, 11) is 0. The van der Waals surface area contributed by atoms with E-state index in [0.29, 0.717) is 32.2 Å². The van der Waals surface area contributed by atoms with Gasteiger partial charge in [0, 0.05) is 81.7 Å². The lowest BCUT2D eigenvalue weighted by Crippen LogP contribution is -2.63. The molecule has 92 heavy (non-hydrogen) atoms. The molecule has 0 saturated carbocycles. The number of aliphatic hydroxyl groups is 6. The van der Waals surface area contributed by atoms with Gasteiger partial charge in [0.2, 0.25) is 29.5 Å². The van der Waals surface area contributed by atoms with E-state index in [1.165, 1.54) is 39.5 Å². The van der Waals surface area contributed by atoms with Crippen molar-refractivity contribution in [3.8, 4) is 0 Å². The number of ketones is 5. The van der Waals surface area contributed by atoms with Crippen molar-refractivity contribution >= 4 is 64.4 Å². The summed E-state index contributed by atoms with van der Waals surface area (Å²) in [5.41, 5.74) is 6.47. The van der Waals surface area contributed by atoms with Gasteiger partial charge in [0.15, 0.2) is 41.5 Å². The number of carboxylic acid groups (broad SMARTS) is 1. The largest absolute Gasteiger partial charge is 0.481 e. The second kappa shape index (κ2) is 37.7. The monoisotopic (exact) mass is 1310 g/mol. The van der Waals surface area contributed by atoms with Crippen molar-refractivity contribution in [3.63, 3.8) is 0 Å². The average Bonchev–Trinajstić information content (AvgIpc) is 1.78. The molecule has 21 atom stereocenters. The summed E-state index contributed by atoms with van der Waals surface area (Å²) in [5.74, 6) is -13.5. The van der Waals surface area contributed by atoms with E-state index in [1.807, 2.05) is 0 Å². The summed E-state index contributed by atoms with van der Waals surface area (Å²) < 4.78 is 23.3. The fraction of sp³-hybridized carbons (Fsp3) is 0.828. The molecule has 0 spiro atoms. The lowest BCUT2D eigenvalue weighted by atomic mass is 9.84. The van der Waals surface area contributed by atoms with Crippen LogP contribution in [0.25, 0.3) is 0 Å². The fourth-order valence-electron chi connectivity index (χ4n) is 11.8. The number of aliphatic carboxylic acids is 1. The van der Waals surface area contributed by atoms with Crippen LogP contribution in [0, 0.1) is 59.2 Å². The number of likely N-dealkylation sites (tertiary alicyclic amines) is 1. The number of rotatable bonds is 39. The number of aliphatic hydroxyl groups excluding tert-OH is 6. The third kappa shape index (κ3) is 23.0. The molecule has 0 radical (unpaired) electrons. The molecular weight excluding hydrogens is 1200 g/mol. The SMILES string of the molecule is CC(=O)NCCCCC(CC(=O)[C@H](C)NC(=O)C(CC(=O)[C@@H](NC(=O)C(CC(=O)[C@H](C)NC(=O)C(C)CC(=O)[C@@H]1CCCN1C(=O)C(CC(=O)[C@@H](N)C(C)O[C@H]1OC(CO)[C@H](O)[C@H](O[C@@H]2OC(CO)[C@H](O)[C@H](O)C2O)C1C)C(C)C)C(C)C)C(C)C)C(C)C)C(=O)O. The smallest absolute Gasteiger partial charge is 0.306 e. The number of Topliss-reactive ketones (excluding diaryl/α,β-unsaturated/α-hetero) is 5. The summed E-state index contributed by atoms with van der Waals surface area (Å²) in [4.78, 5) is 149. The maximum Gasteiger partial charge on any atom is 0.306 e. The number of unbranched alkanes of at least 4 members (excludes halogenated alkanes) is 1. The molecule has 3 aliphatic heterocycles. The van der Waals surface area contributed by atoms with Crippen molar-refractivity contribution < 1.29 is 107 Å². The topological polar surface area (TPSA) is 444 Å². The van der Waals surface area contributed by atoms with Gasteiger partial charge in [-0.1, -0.05) is 75.7 Å². The highest BCUT2D eigenvalue weighted by Crippen LogP contribution is 2.35. The van der Waals surface area contributed by atoms with Gasteiger partial charge in [0.1, 0.15) is 36.6 Å². The van der Waals surface area contributed by atoms with Gasteiger partial charge in [0.25, 0.3) is 0 Å². The molecule has 3 rings (SSSR count). The summed E-state index contributed by atoms with van der Waals surface area (Å²) in [5, 5.41) is 82.5. The molecule has 28 heteroatoms. The van der Waals surface area contributed by atoms with E-state index in [2.05, 4.69) is 21.3 Å². The summed E-state index contributed by atoms with van der Waals surface area (Å²) in [6, 6.07) is -5.51. The normalized spacial score (nSPS) is 26.8. The first kappa shape index (κ1) is 81.0. The molecule has 0 aromatic carbocycles. The molecule has 10 unspecified atom stereocenters. The molecule has 0 aromatic rings. The average molecular weight is 1310 g/mol. The zero-order chi connectivity index (χ0) is 69.9. The molecule has 526 valence electrons. The maximum absolute atomic E-state index is 14.4. The minimum absolute atomic E-state index is 0.189. The molecular formula is C64H108N6O22. The Morgan fingerprint density at radius 3 is 1.64 bits per heavy atom. The van der Waals surface area contributed by atoms with E-state index < -0.39 is 223 Å². The lowest BCUT2D eigenvalue weighted by Gasteiger charge is -2.47. The zero-order valence-corrected chi connectivity index (χ0v) is 56.1. The lowest BCUT2D eigenvalue weighted by molar-refractivity contribution is -0.354. The van der Waals surface area contributed by atoms with Gasteiger partial charge in [-0.3, -0.25) is 52.7 Å². The molecule has 5 amide bonds. The Balaban J connectivity index is 1.60. The number of hydrogen-bond acceptors (Lipinski definition) is 22. The molecule has 13 N–H and O–H groups in total. The van der Waals surface area contributed by atoms with Crippen molar-refractivity contribution in [2.24, 2.45) is 64.9 Å². The van der Waals surface area contributed by atoms with E-state index >= 15 is 0 Å². The van der Waals surface area contributed by atoms with Gasteiger partial charge in [-0.2, -0.15) is 0 Å². The summed E-state index contributed by atoms with van der Waals surface area (Å²) in [6.45, 7) is 21.7. The Bertz CT molecular complexity index is 2500. The van der Waals surface area contributed by atoms with Crippen LogP contribution in [0.4, 0.5) is 0 Å². The number of carboxylic acids is 1. The van der Waals surface area contributed by atoms with Crippen LogP contribution in [-0.4, -0.2) is 223 Å². The third-order valence-electron chi connectivity index (χ3n) is 18.2. The third-order valence-corrected chi connectivity index (χ3v) is 18.2. The molecule has 0 aromatic heterocycles. The van der Waals surface area contributed by atoms with E-state index in [0.717, 1.165) is 0 Å². The van der Waals surface area contributed by atoms with E-state index in [9.17, 15) is 88.5 Å². The molecule has 3 saturated heterocycles. The number of carbonyl (C=O) groups is 11. The van der Waals surface area contributed by atoms with Crippen molar-refractivity contribution in [3.05, 3.63) is 0 Å². The van der Waals surface area contributed by atoms with Crippen LogP contribution in [0.2, 0.25) is 0 Å². The van der Waals surface area contributed by atoms with Gasteiger partial charge in [-0.05, 0) is 70.1 Å². The fourth-order valence-corrected chi connectivity index (χ4v) is 11.8. The van der Waals surface area contributed by atoms with Crippen LogP contribution in [0.5, 0.6) is 0 Å². The number of nitrogens with one attached hydrogen (secondary N) is 4. The second-order valence-corrected chi connectivity index (χ2v) is 26.9. The number of nitrogens with two attached hydrogens (primary N) is 1. The first-order valence-corrected chi connectivity index (χ1v) is 32.5. The Morgan fingerprint density at radius 1 is 0.598 bits per heavy atom. The first-order valence-electron chi connectivity index (χ1n) is 32.5. The van der Waals surface area contributed by atoms with Crippen LogP contribution in [-0.2, 0) is 71.7 Å². The maximum atomic E-state index is 14.4. The van der Waals surface area contributed by atoms with Crippen LogP contribution in [0.1, 0.15) is 161 Å². The Labute approximate surface area is 540 Å². The molecule has 0 aliphatic carbocycles. The van der Waals surface area contributed by atoms with Crippen molar-refractivity contribution in [2.45, 2.75) is 253 Å². The Morgan fingerprint density at radius 2 is 1.11 bits per heavy atom. The zero-order valence-electron chi connectivity index (χ0n) is 56.1. The highest BCUT2D eigenvalue weighted by atomic mass is 16.7. The van der Waals surface area contributed by atoms with Crippen LogP contribution < -0.4 is 27.0 Å². The van der Waals surface area contributed by atoms with E-state index in [1.54, 1.807) is 62.3 Å². The predicted molar refractivity (Wildman–Crippen MR) is 331 cm³/mol. The van der Waals surface area contributed by atoms with Gasteiger partial charge in [-0.15, -0.1) is 0 Å². The Kier molecular flexibility index (Phi) is 33.2. The summed E-state index contributed by atoms with van der Waals surface area (Å²) in [6.07, 6.45) is -14.4. The van der Waals surface area contributed by atoms with Crippen molar-refractivity contribution in [1.29, 1.82) is 0 Å². The van der Waals surface area contributed by atoms with Crippen molar-refractivity contribution in [2.75, 3.05) is 26.3 Å². The first-order chi connectivity index (χ1) is 42.9. The molecule has 0 bridgehead atoms. The number of amides is 5. The summed E-state index contributed by atoms with van der Waals surface area (Å²) >= 11 is 0. The quantitative estimate of drug-likeness (QED) is 0.0361. The van der Waals surface area contributed by atoms with Gasteiger partial charge in [0.05, 0.1) is 61.5 Å². The van der Waals surface area contributed by atoms with Gasteiger partial charge < -0.3 is 86.6 Å². The van der Waals surface area contributed by atoms with Crippen molar-refractivity contribution in [1.82, 2.24) is 26.2 Å². The highest BCUT2D eigenvalue weighted by Gasteiger charge is 2.51. The highest BCUT2D eigenvalue weighted by molar-refractivity contribution is 5.98. The van der Waals surface area contributed by atoms with Gasteiger partial charge in [-0.25, -0.2) is 0 Å². The predicted octanol–water partition coefficient (Wildman–Crippen LogP) is 0.0152. The van der Waals surface area contributed by atoms with E-state index in [-0.39, 0.29) is 51.0 Å². The van der Waals surface area contributed by atoms with Gasteiger partial charge >= 0.3 is 5.97 Å². The van der Waals surface area contributed by atoms with Crippen LogP contribution in [0.15, 0.2) is 0 Å². The number of hydrogen-bond donors (Lipinski definition) is 12. The molecule has 3 heterocycles. The van der Waals surface area contributed by atoms with Crippen LogP contribution in [0.3, 0.4) is 0 Å².